The molecule has 0 aliphatic rings. The molecule has 2 aromatic heterocycles. The number of nitrogens with zero attached hydrogens (tertiary/aromatic N) is 5. The van der Waals surface area contributed by atoms with Crippen molar-refractivity contribution in [1.82, 2.24) is 20.4 Å². The van der Waals surface area contributed by atoms with E-state index in [9.17, 15) is 0 Å². The van der Waals surface area contributed by atoms with Crippen molar-refractivity contribution in [3.63, 3.8) is 0 Å². The Morgan fingerprint density at radius 1 is 0.273 bits per heavy atom. The van der Waals surface area contributed by atoms with Crippen LogP contribution >= 0.6 is 0 Å². The monoisotopic (exact) mass is 1000 g/mol. The zero-order valence-corrected chi connectivity index (χ0v) is 44.2. The van der Waals surface area contributed by atoms with Crippen LogP contribution in [-0.4, -0.2) is 20.4 Å². The van der Waals surface area contributed by atoms with Crippen molar-refractivity contribution in [3.8, 4) is 68.1 Å². The number of para-hydroxylation sites is 1. The first-order valence-electron chi connectivity index (χ1n) is 26.1. The summed E-state index contributed by atoms with van der Waals surface area (Å²) in [6.45, 7) is 13.2. The molecule has 0 bridgehead atoms. The molecule has 376 valence electrons. The quantitative estimate of drug-likeness (QED) is 0.106. The third kappa shape index (κ3) is 11.6. The summed E-state index contributed by atoms with van der Waals surface area (Å²) in [6.07, 6.45) is 8.50. The Labute approximate surface area is 451 Å². The molecule has 0 unspecified atom stereocenters. The molecule has 0 radical (unpaired) electrons. The molecule has 11 rings (SSSR count). The van der Waals surface area contributed by atoms with Crippen molar-refractivity contribution < 1.29 is 8.83 Å². The highest BCUT2D eigenvalue weighted by molar-refractivity contribution is 5.81. The average molecular weight is 1000 g/mol. The van der Waals surface area contributed by atoms with Gasteiger partial charge in [0.05, 0.1) is 0 Å². The van der Waals surface area contributed by atoms with Gasteiger partial charge in [0.2, 0.25) is 23.6 Å². The number of hydrogen-bond acceptors (Lipinski definition) is 7. The van der Waals surface area contributed by atoms with Gasteiger partial charge in [-0.05, 0) is 151 Å². The Morgan fingerprint density at radius 3 is 0.779 bits per heavy atom. The van der Waals surface area contributed by atoms with Gasteiger partial charge in [-0.3, -0.25) is 0 Å². The molecule has 11 aromatic rings. The second-order valence-corrected chi connectivity index (χ2v) is 21.4. The van der Waals surface area contributed by atoms with Crippen molar-refractivity contribution in [2.24, 2.45) is 0 Å². The standard InChI is InChI=1S/C70H59N5O2/c1-69(2,3)60-40-32-58(33-41-60)67-73-71-65(76-67)56-28-20-50(21-29-56)14-12-48-16-24-52(25-17-48)54-36-44-63(45-37-54)75(62-10-8-7-9-11-62)64-46-38-55(39-47-64)53-26-18-49(19-27-53)13-15-51-22-30-57(31-23-51)66-72-74-68(77-66)59-34-42-61(43-35-59)70(4,5)6/h7-47H,1-6H3/b14-12+,15-13+. The van der Waals surface area contributed by atoms with Gasteiger partial charge in [0.1, 0.15) is 0 Å². The Balaban J connectivity index is 0.708. The maximum Gasteiger partial charge on any atom is 0.248 e. The molecule has 9 aromatic carbocycles. The van der Waals surface area contributed by atoms with E-state index in [1.54, 1.807) is 0 Å². The lowest BCUT2D eigenvalue weighted by Gasteiger charge is -2.26. The van der Waals surface area contributed by atoms with Crippen LogP contribution in [0.3, 0.4) is 0 Å². The van der Waals surface area contributed by atoms with Crippen molar-refractivity contribution in [3.05, 3.63) is 258 Å². The molecule has 2 heterocycles. The summed E-state index contributed by atoms with van der Waals surface area (Å²) in [7, 11) is 0. The lowest BCUT2D eigenvalue weighted by molar-refractivity contribution is 0.582. The fraction of sp³-hybridized carbons (Fsp3) is 0.114. The maximum absolute atomic E-state index is 6.06. The van der Waals surface area contributed by atoms with E-state index in [1.807, 2.05) is 48.5 Å². The first kappa shape index (κ1) is 49.7. The lowest BCUT2D eigenvalue weighted by Crippen LogP contribution is -2.10. The topological polar surface area (TPSA) is 81.1 Å². The molecular formula is C70H59N5O2. The largest absolute Gasteiger partial charge is 0.416 e. The molecule has 7 nitrogen and oxygen atoms in total. The molecule has 0 aliphatic carbocycles. The molecule has 77 heavy (non-hydrogen) atoms. The summed E-state index contributed by atoms with van der Waals surface area (Å²) in [5, 5.41) is 17.3. The van der Waals surface area contributed by atoms with Gasteiger partial charge in [0.15, 0.2) is 0 Å². The number of rotatable bonds is 13. The van der Waals surface area contributed by atoms with Gasteiger partial charge >= 0.3 is 0 Å². The van der Waals surface area contributed by atoms with E-state index < -0.39 is 0 Å². The molecule has 0 atom stereocenters. The lowest BCUT2D eigenvalue weighted by atomic mass is 9.87. The summed E-state index contributed by atoms with van der Waals surface area (Å²) in [5.74, 6) is 2.03. The van der Waals surface area contributed by atoms with Crippen LogP contribution in [0.5, 0.6) is 0 Å². The highest BCUT2D eigenvalue weighted by Crippen LogP contribution is 2.37. The summed E-state index contributed by atoms with van der Waals surface area (Å²) < 4.78 is 12.1. The third-order valence-corrected chi connectivity index (χ3v) is 13.9. The van der Waals surface area contributed by atoms with Gasteiger partial charge in [0.25, 0.3) is 0 Å². The normalized spacial score (nSPS) is 11.9. The Kier molecular flexibility index (Phi) is 13.8. The van der Waals surface area contributed by atoms with Crippen LogP contribution in [0.1, 0.15) is 74.9 Å². The molecule has 7 heteroatoms. The van der Waals surface area contributed by atoms with E-state index in [4.69, 9.17) is 8.83 Å². The average Bonchev–Trinajstić information content (AvgIpc) is 4.19. The van der Waals surface area contributed by atoms with E-state index >= 15 is 0 Å². The van der Waals surface area contributed by atoms with E-state index in [0.29, 0.717) is 23.6 Å². The van der Waals surface area contributed by atoms with Crippen molar-refractivity contribution in [1.29, 1.82) is 0 Å². The zero-order chi connectivity index (χ0) is 52.9. The minimum atomic E-state index is 0.0821. The fourth-order valence-corrected chi connectivity index (χ4v) is 9.20. The van der Waals surface area contributed by atoms with Crippen LogP contribution in [-0.2, 0) is 10.8 Å². The van der Waals surface area contributed by atoms with Gasteiger partial charge < -0.3 is 13.7 Å². The molecule has 0 N–H and O–H groups in total. The summed E-state index contributed by atoms with van der Waals surface area (Å²) >= 11 is 0. The van der Waals surface area contributed by atoms with Crippen LogP contribution in [0.25, 0.3) is 92.4 Å². The minimum Gasteiger partial charge on any atom is -0.416 e. The van der Waals surface area contributed by atoms with Crippen LogP contribution in [0.15, 0.2) is 233 Å². The van der Waals surface area contributed by atoms with Crippen LogP contribution in [0, 0.1) is 0 Å². The number of hydrogen-bond donors (Lipinski definition) is 0. The Morgan fingerprint density at radius 2 is 0.506 bits per heavy atom. The second-order valence-electron chi connectivity index (χ2n) is 21.4. The molecule has 0 saturated carbocycles. The highest BCUT2D eigenvalue weighted by Gasteiger charge is 2.18. The zero-order valence-electron chi connectivity index (χ0n) is 44.2. The fourth-order valence-electron chi connectivity index (χ4n) is 9.20. The summed E-state index contributed by atoms with van der Waals surface area (Å²) in [6, 6.07) is 78.5. The molecule has 0 spiro atoms. The van der Waals surface area contributed by atoms with Crippen molar-refractivity contribution in [2.45, 2.75) is 52.4 Å². The number of anilines is 3. The SMILES string of the molecule is CC(C)(C)c1ccc(-c2nnc(-c3ccc(/C=C/c4ccc(-c5ccc(N(c6ccccc6)c6ccc(-c7ccc(/C=C/c8ccc(-c9nnc(-c%10ccc(C(C)(C)C)cc%10)o9)cc8)cc7)cc6)cc5)cc4)cc3)o2)cc1. The molecule has 0 aliphatic heterocycles. The van der Waals surface area contributed by atoms with Gasteiger partial charge in [0, 0.05) is 39.3 Å². The predicted octanol–water partition coefficient (Wildman–Crippen LogP) is 18.9. The van der Waals surface area contributed by atoms with Crippen LogP contribution in [0.4, 0.5) is 17.1 Å². The predicted molar refractivity (Wildman–Crippen MR) is 318 cm³/mol. The van der Waals surface area contributed by atoms with E-state index in [1.165, 1.54) is 11.1 Å². The van der Waals surface area contributed by atoms with Crippen LogP contribution in [0.2, 0.25) is 0 Å². The van der Waals surface area contributed by atoms with Gasteiger partial charge in [-0.1, -0.05) is 205 Å². The van der Waals surface area contributed by atoms with Gasteiger partial charge in [-0.25, -0.2) is 0 Å². The summed E-state index contributed by atoms with van der Waals surface area (Å²) in [4.78, 5) is 2.30. The Bertz CT molecular complexity index is 3550. The number of benzene rings is 9. The van der Waals surface area contributed by atoms with Crippen molar-refractivity contribution in [2.75, 3.05) is 4.90 Å². The first-order valence-corrected chi connectivity index (χ1v) is 26.1. The Hall–Kier alpha value is -9.46. The van der Waals surface area contributed by atoms with E-state index in [0.717, 1.165) is 83.8 Å². The van der Waals surface area contributed by atoms with Gasteiger partial charge in [-0.2, -0.15) is 0 Å². The van der Waals surface area contributed by atoms with Crippen molar-refractivity contribution >= 4 is 41.4 Å². The maximum atomic E-state index is 6.06. The first-order chi connectivity index (χ1) is 37.4. The smallest absolute Gasteiger partial charge is 0.248 e. The molecule has 0 fully saturated rings. The minimum absolute atomic E-state index is 0.0821. The molecular weight excluding hydrogens is 943 g/mol. The van der Waals surface area contributed by atoms with E-state index in [-0.39, 0.29) is 10.8 Å². The van der Waals surface area contributed by atoms with E-state index in [2.05, 4.69) is 267 Å². The number of aromatic nitrogens is 4. The molecule has 0 saturated heterocycles. The second kappa shape index (κ2) is 21.4. The van der Waals surface area contributed by atoms with Gasteiger partial charge in [-0.15, -0.1) is 20.4 Å². The molecule has 0 amide bonds. The summed E-state index contributed by atoms with van der Waals surface area (Å²) in [5.41, 5.74) is 18.5. The van der Waals surface area contributed by atoms with Crippen LogP contribution < -0.4 is 4.90 Å². The highest BCUT2D eigenvalue weighted by atomic mass is 16.4. The third-order valence-electron chi connectivity index (χ3n) is 13.9.